The number of aliphatic hydroxyl groups is 2. The zero-order chi connectivity index (χ0) is 22.1. The molecular formula is C21H24N2O7. The highest BCUT2D eigenvalue weighted by molar-refractivity contribution is 6.25. The Labute approximate surface area is 172 Å². The van der Waals surface area contributed by atoms with Crippen LogP contribution in [0.1, 0.15) is 22.3 Å². The van der Waals surface area contributed by atoms with E-state index in [1.54, 1.807) is 31.1 Å². The molecule has 1 aromatic rings. The third-order valence-electron chi connectivity index (χ3n) is 7.03. The largest absolute Gasteiger partial charge is 0.507 e. The number of carbonyl (C=O) groups excluding carboxylic acids is 4. The van der Waals surface area contributed by atoms with Crippen molar-refractivity contribution in [1.29, 1.82) is 0 Å². The number of aromatic hydroxyl groups is 1. The molecule has 1 aromatic carbocycles. The fraction of sp³-hybridized carbons (Fsp3) is 0.524. The van der Waals surface area contributed by atoms with Gasteiger partial charge in [-0.1, -0.05) is 12.1 Å². The predicted octanol–water partition coefficient (Wildman–Crippen LogP) is -1.34. The van der Waals surface area contributed by atoms with Gasteiger partial charge in [0.25, 0.3) is 0 Å². The molecule has 3 aliphatic rings. The number of phenols is 1. The summed E-state index contributed by atoms with van der Waals surface area (Å²) in [4.78, 5) is 53.2. The molecule has 0 aromatic heterocycles. The maximum atomic E-state index is 13.5. The Bertz CT molecular complexity index is 974. The lowest BCUT2D eigenvalue weighted by molar-refractivity contribution is -0.190. The molecule has 4 rings (SSSR count). The number of fused-ring (bicyclic) bond motifs is 3. The van der Waals surface area contributed by atoms with Gasteiger partial charge < -0.3 is 26.0 Å². The molecule has 9 heteroatoms. The number of phenolic OH excluding ortho intramolecular Hbond substituents is 1. The van der Waals surface area contributed by atoms with Gasteiger partial charge in [-0.3, -0.25) is 19.2 Å². The van der Waals surface area contributed by atoms with Crippen molar-refractivity contribution in [1.82, 2.24) is 4.90 Å². The number of aliphatic hydroxyl groups excluding tert-OH is 1. The van der Waals surface area contributed by atoms with Crippen molar-refractivity contribution in [2.45, 2.75) is 30.6 Å². The molecule has 2 saturated carbocycles. The fourth-order valence-electron chi connectivity index (χ4n) is 5.76. The molecule has 1 amide bonds. The maximum absolute atomic E-state index is 13.5. The van der Waals surface area contributed by atoms with Crippen LogP contribution in [-0.2, 0) is 20.8 Å². The molecule has 2 fully saturated rings. The van der Waals surface area contributed by atoms with Crippen molar-refractivity contribution in [3.8, 4) is 5.75 Å². The third-order valence-corrected chi connectivity index (χ3v) is 7.03. The molecule has 0 bridgehead atoms. The topological polar surface area (TPSA) is 158 Å². The number of likely N-dealkylation sites (N-methyl/N-ethyl adjacent to an activating group) is 1. The van der Waals surface area contributed by atoms with Gasteiger partial charge in [0.05, 0.1) is 17.6 Å². The van der Waals surface area contributed by atoms with Crippen LogP contribution in [0.3, 0.4) is 0 Å². The summed E-state index contributed by atoms with van der Waals surface area (Å²) in [5.41, 5.74) is 3.32. The molecule has 9 nitrogen and oxygen atoms in total. The Hall–Kier alpha value is -2.62. The molecule has 7 atom stereocenters. The first-order valence-electron chi connectivity index (χ1n) is 9.81. The minimum absolute atomic E-state index is 0.0213. The van der Waals surface area contributed by atoms with Gasteiger partial charge in [-0.15, -0.1) is 0 Å². The SMILES string of the molecule is CN(C)[C@@H]1C(O)C(C(N)=O)C(=O)[C@@]2(O)C(=O)C3C(=O)c4c(O)cccc4C[C@H]3C[C@@H]12. The minimum atomic E-state index is -2.62. The average Bonchev–Trinajstić information content (AvgIpc) is 2.64. The van der Waals surface area contributed by atoms with Crippen LogP contribution in [0.5, 0.6) is 5.75 Å². The van der Waals surface area contributed by atoms with Crippen LogP contribution in [-0.4, -0.2) is 75.3 Å². The Morgan fingerprint density at radius 1 is 1.20 bits per heavy atom. The van der Waals surface area contributed by atoms with Gasteiger partial charge in [0.2, 0.25) is 5.91 Å². The van der Waals surface area contributed by atoms with E-state index in [4.69, 9.17) is 5.73 Å². The highest BCUT2D eigenvalue weighted by Gasteiger charge is 2.69. The number of hydrogen-bond donors (Lipinski definition) is 4. The van der Waals surface area contributed by atoms with E-state index in [0.29, 0.717) is 12.0 Å². The molecule has 3 unspecified atom stereocenters. The van der Waals surface area contributed by atoms with Crippen LogP contribution in [0.25, 0.3) is 0 Å². The van der Waals surface area contributed by atoms with Crippen LogP contribution >= 0.6 is 0 Å². The van der Waals surface area contributed by atoms with Gasteiger partial charge in [0, 0.05) is 12.0 Å². The summed E-state index contributed by atoms with van der Waals surface area (Å²) < 4.78 is 0. The number of nitrogens with zero attached hydrogens (tertiary/aromatic N) is 1. The minimum Gasteiger partial charge on any atom is -0.507 e. The second-order valence-corrected chi connectivity index (χ2v) is 8.78. The van der Waals surface area contributed by atoms with Gasteiger partial charge in [0.15, 0.2) is 23.0 Å². The van der Waals surface area contributed by atoms with Crippen molar-refractivity contribution in [2.24, 2.45) is 29.4 Å². The predicted molar refractivity (Wildman–Crippen MR) is 102 cm³/mol. The standard InChI is InChI=1S/C21H24N2O7/c1-23(2)15-10-7-9-6-8-4-3-5-11(24)12(8)16(25)13(9)18(27)21(10,30)19(28)14(17(15)26)20(22)29/h3-5,9-10,13-15,17,24,26,30H,6-7H2,1-2H3,(H2,22,29)/t9-,10-,13?,14?,15-,17?,21-/m0/s1. The van der Waals surface area contributed by atoms with Crippen LogP contribution in [0.2, 0.25) is 0 Å². The summed E-state index contributed by atoms with van der Waals surface area (Å²) in [6.07, 6.45) is -1.07. The van der Waals surface area contributed by atoms with Crippen LogP contribution in [0, 0.1) is 23.7 Å². The van der Waals surface area contributed by atoms with Crippen molar-refractivity contribution in [3.63, 3.8) is 0 Å². The molecule has 160 valence electrons. The highest BCUT2D eigenvalue weighted by Crippen LogP contribution is 2.51. The number of primary amides is 1. The highest BCUT2D eigenvalue weighted by atomic mass is 16.3. The van der Waals surface area contributed by atoms with Crippen LogP contribution < -0.4 is 5.73 Å². The van der Waals surface area contributed by atoms with Crippen LogP contribution in [0.4, 0.5) is 0 Å². The number of hydrogen-bond acceptors (Lipinski definition) is 8. The zero-order valence-electron chi connectivity index (χ0n) is 16.6. The monoisotopic (exact) mass is 416 g/mol. The first kappa shape index (κ1) is 20.6. The van der Waals surface area contributed by atoms with Gasteiger partial charge in [0.1, 0.15) is 11.7 Å². The van der Waals surface area contributed by atoms with E-state index < -0.39 is 64.7 Å². The molecule has 0 radical (unpaired) electrons. The summed E-state index contributed by atoms with van der Waals surface area (Å²) in [5, 5.41) is 32.3. The average molecular weight is 416 g/mol. The summed E-state index contributed by atoms with van der Waals surface area (Å²) in [5.74, 6) is -8.79. The molecule has 0 heterocycles. The van der Waals surface area contributed by atoms with Crippen LogP contribution in [0.15, 0.2) is 18.2 Å². The Morgan fingerprint density at radius 2 is 1.87 bits per heavy atom. The molecule has 3 aliphatic carbocycles. The fourth-order valence-corrected chi connectivity index (χ4v) is 5.76. The summed E-state index contributed by atoms with van der Waals surface area (Å²) >= 11 is 0. The van der Waals surface area contributed by atoms with Crippen molar-refractivity contribution >= 4 is 23.3 Å². The summed E-state index contributed by atoms with van der Waals surface area (Å²) in [7, 11) is 3.22. The number of rotatable bonds is 2. The first-order chi connectivity index (χ1) is 14.0. The van der Waals surface area contributed by atoms with Gasteiger partial charge in [-0.05, 0) is 44.5 Å². The third kappa shape index (κ3) is 2.52. The first-order valence-corrected chi connectivity index (χ1v) is 9.81. The molecule has 0 spiro atoms. The number of nitrogens with two attached hydrogens (primary N) is 1. The van der Waals surface area contributed by atoms with E-state index in [0.717, 1.165) is 0 Å². The quantitative estimate of drug-likeness (QED) is 0.431. The van der Waals surface area contributed by atoms with Crippen molar-refractivity contribution in [2.75, 3.05) is 14.1 Å². The lowest BCUT2D eigenvalue weighted by atomic mass is 9.52. The second-order valence-electron chi connectivity index (χ2n) is 8.78. The van der Waals surface area contributed by atoms with E-state index in [1.165, 1.54) is 6.07 Å². The zero-order valence-corrected chi connectivity index (χ0v) is 16.6. The number of amides is 1. The van der Waals surface area contributed by atoms with E-state index >= 15 is 0 Å². The van der Waals surface area contributed by atoms with Gasteiger partial charge >= 0.3 is 0 Å². The summed E-state index contributed by atoms with van der Waals surface area (Å²) in [6, 6.07) is 3.75. The Balaban J connectivity index is 1.86. The van der Waals surface area contributed by atoms with E-state index in [9.17, 15) is 34.5 Å². The number of ketones is 3. The molecule has 30 heavy (non-hydrogen) atoms. The smallest absolute Gasteiger partial charge is 0.230 e. The Morgan fingerprint density at radius 3 is 2.47 bits per heavy atom. The summed E-state index contributed by atoms with van der Waals surface area (Å²) in [6.45, 7) is 0. The van der Waals surface area contributed by atoms with Gasteiger partial charge in [-0.25, -0.2) is 0 Å². The van der Waals surface area contributed by atoms with Gasteiger partial charge in [-0.2, -0.15) is 0 Å². The lowest BCUT2D eigenvalue weighted by Crippen LogP contribution is -2.75. The Kier molecular flexibility index (Phi) is 4.61. The van der Waals surface area contributed by atoms with Crippen molar-refractivity contribution in [3.05, 3.63) is 29.3 Å². The maximum Gasteiger partial charge on any atom is 0.230 e. The molecular weight excluding hydrogens is 392 g/mol. The van der Waals surface area contributed by atoms with E-state index in [2.05, 4.69) is 0 Å². The number of Topliss-reactive ketones (excluding diaryl/α,β-unsaturated/α-hetero) is 3. The normalized spacial score (nSPS) is 38.1. The van der Waals surface area contributed by atoms with E-state index in [-0.39, 0.29) is 17.7 Å². The lowest BCUT2D eigenvalue weighted by Gasteiger charge is -2.54. The number of carbonyl (C=O) groups is 4. The number of benzene rings is 1. The molecule has 0 aliphatic heterocycles. The van der Waals surface area contributed by atoms with Crippen molar-refractivity contribution < 1.29 is 34.5 Å². The van der Waals surface area contributed by atoms with E-state index in [1.807, 2.05) is 0 Å². The second kappa shape index (κ2) is 6.69. The molecule has 0 saturated heterocycles. The molecule has 5 N–H and O–H groups in total.